The molecule has 2 nitrogen and oxygen atoms in total. The average molecular weight is 183 g/mol. The van der Waals surface area contributed by atoms with Gasteiger partial charge in [-0.05, 0) is 18.8 Å². The Morgan fingerprint density at radius 2 is 2.23 bits per heavy atom. The zero-order chi connectivity index (χ0) is 9.84. The minimum Gasteiger partial charge on any atom is -0.342 e. The number of nitrogens with zero attached hydrogens (tertiary/aromatic N) is 1. The van der Waals surface area contributed by atoms with E-state index in [0.29, 0.717) is 5.91 Å². The molecule has 1 rings (SSSR count). The molecular formula is C11H21NO. The third-order valence-electron chi connectivity index (χ3n) is 3.21. The summed E-state index contributed by atoms with van der Waals surface area (Å²) >= 11 is 0. The van der Waals surface area contributed by atoms with Crippen LogP contribution in [0.25, 0.3) is 0 Å². The fraction of sp³-hybridized carbons (Fsp3) is 0.909. The van der Waals surface area contributed by atoms with Crippen LogP contribution in [0.3, 0.4) is 0 Å². The summed E-state index contributed by atoms with van der Waals surface area (Å²) in [5, 5.41) is 0. The van der Waals surface area contributed by atoms with Crippen LogP contribution < -0.4 is 0 Å². The van der Waals surface area contributed by atoms with E-state index in [9.17, 15) is 4.79 Å². The summed E-state index contributed by atoms with van der Waals surface area (Å²) in [6.45, 7) is 8.31. The maximum atomic E-state index is 11.8. The molecule has 13 heavy (non-hydrogen) atoms. The molecule has 1 heterocycles. The van der Waals surface area contributed by atoms with Gasteiger partial charge in [-0.2, -0.15) is 0 Å². The van der Waals surface area contributed by atoms with Crippen LogP contribution in [0, 0.1) is 11.8 Å². The fourth-order valence-electron chi connectivity index (χ4n) is 1.85. The second-order valence-corrected chi connectivity index (χ2v) is 4.16. The van der Waals surface area contributed by atoms with E-state index in [4.69, 9.17) is 0 Å². The molecule has 0 aromatic rings. The van der Waals surface area contributed by atoms with Crippen molar-refractivity contribution in [3.8, 4) is 0 Å². The molecule has 0 spiro atoms. The van der Waals surface area contributed by atoms with Crippen LogP contribution in [-0.2, 0) is 4.79 Å². The lowest BCUT2D eigenvalue weighted by atomic mass is 10.1. The predicted octanol–water partition coefficient (Wildman–Crippen LogP) is 2.29. The summed E-state index contributed by atoms with van der Waals surface area (Å²) in [6, 6.07) is 0. The van der Waals surface area contributed by atoms with Crippen LogP contribution in [0.1, 0.15) is 40.0 Å². The first-order valence-corrected chi connectivity index (χ1v) is 5.47. The van der Waals surface area contributed by atoms with Crippen LogP contribution in [-0.4, -0.2) is 23.9 Å². The number of rotatable bonds is 3. The van der Waals surface area contributed by atoms with Gasteiger partial charge in [0.1, 0.15) is 0 Å². The van der Waals surface area contributed by atoms with E-state index in [1.165, 1.54) is 12.8 Å². The third kappa shape index (κ3) is 2.45. The van der Waals surface area contributed by atoms with Crippen molar-refractivity contribution in [2.75, 3.05) is 13.1 Å². The Hall–Kier alpha value is -0.530. The molecule has 1 amide bonds. The summed E-state index contributed by atoms with van der Waals surface area (Å²) in [6.07, 6.45) is 3.38. The van der Waals surface area contributed by atoms with Crippen LogP contribution in [0.2, 0.25) is 0 Å². The van der Waals surface area contributed by atoms with E-state index in [2.05, 4.69) is 13.8 Å². The van der Waals surface area contributed by atoms with Crippen LogP contribution >= 0.6 is 0 Å². The Morgan fingerprint density at radius 1 is 1.54 bits per heavy atom. The van der Waals surface area contributed by atoms with E-state index < -0.39 is 0 Å². The molecule has 0 N–H and O–H groups in total. The first-order chi connectivity index (χ1) is 6.19. The van der Waals surface area contributed by atoms with Gasteiger partial charge in [0.25, 0.3) is 0 Å². The highest BCUT2D eigenvalue weighted by Gasteiger charge is 2.26. The Balaban J connectivity index is 2.41. The monoisotopic (exact) mass is 183 g/mol. The smallest absolute Gasteiger partial charge is 0.225 e. The highest BCUT2D eigenvalue weighted by atomic mass is 16.2. The predicted molar refractivity (Wildman–Crippen MR) is 54.4 cm³/mol. The van der Waals surface area contributed by atoms with E-state index in [-0.39, 0.29) is 5.92 Å². The standard InChI is InChI=1S/C11H21NO/c1-4-9(3)11(13)12-7-6-10(5-2)8-12/h9-10H,4-8H2,1-3H3. The van der Waals surface area contributed by atoms with Gasteiger partial charge in [-0.3, -0.25) is 4.79 Å². The number of hydrogen-bond acceptors (Lipinski definition) is 1. The lowest BCUT2D eigenvalue weighted by Crippen LogP contribution is -2.33. The van der Waals surface area contributed by atoms with Crippen molar-refractivity contribution in [1.29, 1.82) is 0 Å². The topological polar surface area (TPSA) is 20.3 Å². The van der Waals surface area contributed by atoms with Crippen molar-refractivity contribution in [3.63, 3.8) is 0 Å². The fourth-order valence-corrected chi connectivity index (χ4v) is 1.85. The Bertz CT molecular complexity index is 179. The van der Waals surface area contributed by atoms with Gasteiger partial charge >= 0.3 is 0 Å². The quantitative estimate of drug-likeness (QED) is 0.657. The minimum absolute atomic E-state index is 0.218. The van der Waals surface area contributed by atoms with Gasteiger partial charge in [-0.15, -0.1) is 0 Å². The zero-order valence-corrected chi connectivity index (χ0v) is 9.05. The van der Waals surface area contributed by atoms with Crippen molar-refractivity contribution in [3.05, 3.63) is 0 Å². The maximum absolute atomic E-state index is 11.8. The van der Waals surface area contributed by atoms with E-state index in [1.54, 1.807) is 0 Å². The molecule has 0 aromatic carbocycles. The molecule has 0 bridgehead atoms. The molecule has 0 saturated carbocycles. The molecule has 76 valence electrons. The van der Waals surface area contributed by atoms with E-state index in [0.717, 1.165) is 25.4 Å². The zero-order valence-electron chi connectivity index (χ0n) is 9.05. The first-order valence-electron chi connectivity index (χ1n) is 5.47. The average Bonchev–Trinajstić information content (AvgIpc) is 2.63. The lowest BCUT2D eigenvalue weighted by Gasteiger charge is -2.19. The van der Waals surface area contributed by atoms with Crippen LogP contribution in [0.4, 0.5) is 0 Å². The molecule has 2 heteroatoms. The normalized spacial score (nSPS) is 24.8. The van der Waals surface area contributed by atoms with Gasteiger partial charge in [-0.25, -0.2) is 0 Å². The largest absolute Gasteiger partial charge is 0.342 e. The van der Waals surface area contributed by atoms with Crippen molar-refractivity contribution in [2.45, 2.75) is 40.0 Å². The molecule has 2 unspecified atom stereocenters. The molecule has 0 aromatic heterocycles. The van der Waals surface area contributed by atoms with Gasteiger partial charge in [-0.1, -0.05) is 27.2 Å². The van der Waals surface area contributed by atoms with Crippen LogP contribution in [0.5, 0.6) is 0 Å². The number of amides is 1. The molecule has 0 radical (unpaired) electrons. The molecule has 2 atom stereocenters. The third-order valence-corrected chi connectivity index (χ3v) is 3.21. The second-order valence-electron chi connectivity index (χ2n) is 4.16. The van der Waals surface area contributed by atoms with Crippen molar-refractivity contribution in [1.82, 2.24) is 4.90 Å². The number of carbonyl (C=O) groups excluding carboxylic acids is 1. The maximum Gasteiger partial charge on any atom is 0.225 e. The van der Waals surface area contributed by atoms with E-state index in [1.807, 2.05) is 11.8 Å². The summed E-state index contributed by atoms with van der Waals surface area (Å²) in [5.74, 6) is 1.34. The van der Waals surface area contributed by atoms with Crippen molar-refractivity contribution < 1.29 is 4.79 Å². The van der Waals surface area contributed by atoms with Gasteiger partial charge in [0, 0.05) is 19.0 Å². The molecular weight excluding hydrogens is 162 g/mol. The molecule has 1 aliphatic rings. The van der Waals surface area contributed by atoms with Crippen molar-refractivity contribution in [2.24, 2.45) is 11.8 Å². The van der Waals surface area contributed by atoms with Crippen LogP contribution in [0.15, 0.2) is 0 Å². The summed E-state index contributed by atoms with van der Waals surface area (Å²) < 4.78 is 0. The van der Waals surface area contributed by atoms with Gasteiger partial charge in [0.2, 0.25) is 5.91 Å². The molecule has 0 aliphatic carbocycles. The second kappa shape index (κ2) is 4.64. The number of carbonyl (C=O) groups is 1. The van der Waals surface area contributed by atoms with Gasteiger partial charge in [0.15, 0.2) is 0 Å². The van der Waals surface area contributed by atoms with E-state index >= 15 is 0 Å². The molecule has 1 saturated heterocycles. The number of likely N-dealkylation sites (tertiary alicyclic amines) is 1. The summed E-state index contributed by atoms with van der Waals surface area (Å²) in [5.41, 5.74) is 0. The lowest BCUT2D eigenvalue weighted by molar-refractivity contribution is -0.134. The molecule has 1 fully saturated rings. The highest BCUT2D eigenvalue weighted by molar-refractivity contribution is 5.78. The summed E-state index contributed by atoms with van der Waals surface area (Å²) in [7, 11) is 0. The van der Waals surface area contributed by atoms with Crippen molar-refractivity contribution >= 4 is 5.91 Å². The van der Waals surface area contributed by atoms with Gasteiger partial charge in [0.05, 0.1) is 0 Å². The molecule has 1 aliphatic heterocycles. The first kappa shape index (κ1) is 10.6. The Morgan fingerprint density at radius 3 is 2.69 bits per heavy atom. The Labute approximate surface area is 81.3 Å². The Kier molecular flexibility index (Phi) is 3.76. The van der Waals surface area contributed by atoms with Gasteiger partial charge < -0.3 is 4.90 Å². The summed E-state index contributed by atoms with van der Waals surface area (Å²) in [4.78, 5) is 13.8. The minimum atomic E-state index is 0.218. The highest BCUT2D eigenvalue weighted by Crippen LogP contribution is 2.21. The SMILES string of the molecule is CCC1CCN(C(=O)C(C)CC)C1. The number of hydrogen-bond donors (Lipinski definition) is 0.